The van der Waals surface area contributed by atoms with Gasteiger partial charge in [0, 0.05) is 13.1 Å². The predicted octanol–water partition coefficient (Wildman–Crippen LogP) is 2.82. The molecule has 0 amide bonds. The Hall–Kier alpha value is -1.17. The van der Waals surface area contributed by atoms with E-state index in [4.69, 9.17) is 11.6 Å². The van der Waals surface area contributed by atoms with E-state index in [2.05, 4.69) is 15.1 Å². The van der Waals surface area contributed by atoms with Gasteiger partial charge in [-0.15, -0.1) is 21.5 Å². The van der Waals surface area contributed by atoms with Crippen LogP contribution in [0.25, 0.3) is 10.6 Å². The van der Waals surface area contributed by atoms with Crippen molar-refractivity contribution in [2.75, 3.05) is 18.0 Å². The van der Waals surface area contributed by atoms with E-state index in [0.29, 0.717) is 0 Å². The Bertz CT molecular complexity index is 549. The molecule has 3 rings (SSSR count). The van der Waals surface area contributed by atoms with E-state index in [1.165, 1.54) is 11.3 Å². The molecule has 0 bridgehead atoms. The van der Waals surface area contributed by atoms with Gasteiger partial charge in [-0.3, -0.25) is 0 Å². The van der Waals surface area contributed by atoms with Gasteiger partial charge in [0.2, 0.25) is 0 Å². The summed E-state index contributed by atoms with van der Waals surface area (Å²) in [6.07, 6.45) is 1.42. The van der Waals surface area contributed by atoms with Crippen LogP contribution in [0, 0.1) is 0 Å². The molecule has 1 aliphatic heterocycles. The normalized spacial score (nSPS) is 16.8. The molecular formula is C13H14ClN3OS. The number of nitrogens with zero attached hydrogens (tertiary/aromatic N) is 3. The van der Waals surface area contributed by atoms with Gasteiger partial charge in [-0.2, -0.15) is 0 Å². The Labute approximate surface area is 120 Å². The molecule has 4 nitrogen and oxygen atoms in total. The monoisotopic (exact) mass is 295 g/mol. The van der Waals surface area contributed by atoms with Gasteiger partial charge in [0.25, 0.3) is 0 Å². The first-order valence-electron chi connectivity index (χ1n) is 6.25. The zero-order chi connectivity index (χ0) is 13.2. The van der Waals surface area contributed by atoms with Crippen molar-refractivity contribution in [2.45, 2.75) is 18.9 Å². The van der Waals surface area contributed by atoms with Crippen molar-refractivity contribution in [3.63, 3.8) is 0 Å². The maximum Gasteiger partial charge on any atom is 0.151 e. The number of piperidine rings is 1. The van der Waals surface area contributed by atoms with Gasteiger partial charge >= 0.3 is 0 Å². The maximum atomic E-state index is 9.50. The minimum atomic E-state index is -0.170. The summed E-state index contributed by atoms with van der Waals surface area (Å²) in [6.45, 7) is 1.67. The van der Waals surface area contributed by atoms with Crippen LogP contribution in [-0.2, 0) is 0 Å². The molecule has 0 atom stereocenters. The fourth-order valence-electron chi connectivity index (χ4n) is 2.17. The lowest BCUT2D eigenvalue weighted by Crippen LogP contribution is -2.36. The van der Waals surface area contributed by atoms with E-state index in [-0.39, 0.29) is 6.10 Å². The Morgan fingerprint density at radius 2 is 1.95 bits per heavy atom. The number of aromatic nitrogens is 2. The minimum absolute atomic E-state index is 0.170. The van der Waals surface area contributed by atoms with Crippen LogP contribution < -0.4 is 4.90 Å². The van der Waals surface area contributed by atoms with Crippen molar-refractivity contribution in [3.05, 3.63) is 28.6 Å². The van der Waals surface area contributed by atoms with Gasteiger partial charge in [0.1, 0.15) is 5.69 Å². The Morgan fingerprint density at radius 1 is 1.16 bits per heavy atom. The fourth-order valence-corrected chi connectivity index (χ4v) is 3.18. The molecule has 0 radical (unpaired) electrons. The Morgan fingerprint density at radius 3 is 2.53 bits per heavy atom. The molecule has 19 heavy (non-hydrogen) atoms. The number of thiophene rings is 1. The smallest absolute Gasteiger partial charge is 0.151 e. The number of aliphatic hydroxyl groups is 1. The predicted molar refractivity (Wildman–Crippen MR) is 77.8 cm³/mol. The van der Waals surface area contributed by atoms with Crippen molar-refractivity contribution in [3.8, 4) is 10.6 Å². The van der Waals surface area contributed by atoms with E-state index in [0.717, 1.165) is 46.7 Å². The van der Waals surface area contributed by atoms with Crippen LogP contribution in [0.1, 0.15) is 12.8 Å². The standard InChI is InChI=1S/C13H14ClN3OS/c14-12-3-2-11(19-12)10-1-4-13(16-15-10)17-7-5-9(18)6-8-17/h1-4,9,18H,5-8H2. The molecule has 2 aromatic rings. The molecule has 1 fully saturated rings. The molecule has 0 aliphatic carbocycles. The second-order valence-corrected chi connectivity index (χ2v) is 6.31. The number of hydrogen-bond donors (Lipinski definition) is 1. The average molecular weight is 296 g/mol. The van der Waals surface area contributed by atoms with Crippen LogP contribution in [0.5, 0.6) is 0 Å². The topological polar surface area (TPSA) is 49.2 Å². The second kappa shape index (κ2) is 5.45. The van der Waals surface area contributed by atoms with Crippen molar-refractivity contribution in [1.82, 2.24) is 10.2 Å². The van der Waals surface area contributed by atoms with E-state index in [1.54, 1.807) is 0 Å². The zero-order valence-corrected chi connectivity index (χ0v) is 11.9. The van der Waals surface area contributed by atoms with Crippen LogP contribution >= 0.6 is 22.9 Å². The van der Waals surface area contributed by atoms with E-state index in [9.17, 15) is 5.11 Å². The number of anilines is 1. The zero-order valence-electron chi connectivity index (χ0n) is 10.3. The summed E-state index contributed by atoms with van der Waals surface area (Å²) in [7, 11) is 0. The van der Waals surface area contributed by atoms with Crippen LogP contribution in [0.2, 0.25) is 4.34 Å². The molecule has 2 aromatic heterocycles. The highest BCUT2D eigenvalue weighted by Gasteiger charge is 2.18. The molecule has 100 valence electrons. The first-order chi connectivity index (χ1) is 9.22. The third-order valence-corrected chi connectivity index (χ3v) is 4.52. The van der Waals surface area contributed by atoms with Crippen LogP contribution in [0.15, 0.2) is 24.3 Å². The van der Waals surface area contributed by atoms with Gasteiger partial charge in [-0.25, -0.2) is 0 Å². The summed E-state index contributed by atoms with van der Waals surface area (Å²) < 4.78 is 0.755. The number of rotatable bonds is 2. The summed E-state index contributed by atoms with van der Waals surface area (Å²) in [5, 5.41) is 18.0. The molecule has 0 aromatic carbocycles. The van der Waals surface area contributed by atoms with E-state index in [1.807, 2.05) is 24.3 Å². The molecule has 1 aliphatic rings. The summed E-state index contributed by atoms with van der Waals surface area (Å²) in [6, 6.07) is 7.76. The SMILES string of the molecule is OC1CCN(c2ccc(-c3ccc(Cl)s3)nn2)CC1. The highest BCUT2D eigenvalue weighted by molar-refractivity contribution is 7.19. The highest BCUT2D eigenvalue weighted by atomic mass is 35.5. The van der Waals surface area contributed by atoms with Crippen molar-refractivity contribution >= 4 is 28.8 Å². The lowest BCUT2D eigenvalue weighted by Gasteiger charge is -2.30. The highest BCUT2D eigenvalue weighted by Crippen LogP contribution is 2.30. The quantitative estimate of drug-likeness (QED) is 0.925. The lowest BCUT2D eigenvalue weighted by atomic mass is 10.1. The number of hydrogen-bond acceptors (Lipinski definition) is 5. The van der Waals surface area contributed by atoms with E-state index < -0.39 is 0 Å². The summed E-state index contributed by atoms with van der Waals surface area (Å²) in [5.74, 6) is 0.873. The van der Waals surface area contributed by atoms with Crippen molar-refractivity contribution < 1.29 is 5.11 Å². The molecule has 0 spiro atoms. The lowest BCUT2D eigenvalue weighted by molar-refractivity contribution is 0.145. The molecular weight excluding hydrogens is 282 g/mol. The molecule has 1 N–H and O–H groups in total. The van der Waals surface area contributed by atoms with Crippen LogP contribution in [0.4, 0.5) is 5.82 Å². The first-order valence-corrected chi connectivity index (χ1v) is 7.44. The van der Waals surface area contributed by atoms with Gasteiger partial charge in [0.15, 0.2) is 5.82 Å². The van der Waals surface area contributed by atoms with Gasteiger partial charge < -0.3 is 10.0 Å². The van der Waals surface area contributed by atoms with Gasteiger partial charge in [0.05, 0.1) is 15.3 Å². The van der Waals surface area contributed by atoms with E-state index >= 15 is 0 Å². The first kappa shape index (κ1) is 12.8. The molecule has 3 heterocycles. The molecule has 6 heteroatoms. The van der Waals surface area contributed by atoms with Crippen molar-refractivity contribution in [2.24, 2.45) is 0 Å². The second-order valence-electron chi connectivity index (χ2n) is 4.60. The largest absolute Gasteiger partial charge is 0.393 e. The minimum Gasteiger partial charge on any atom is -0.393 e. The molecule has 0 unspecified atom stereocenters. The summed E-state index contributed by atoms with van der Waals surface area (Å²) >= 11 is 7.41. The summed E-state index contributed by atoms with van der Waals surface area (Å²) in [5.41, 5.74) is 0.845. The van der Waals surface area contributed by atoms with Gasteiger partial charge in [-0.05, 0) is 37.1 Å². The third-order valence-electron chi connectivity index (χ3n) is 3.26. The Balaban J connectivity index is 1.75. The summed E-state index contributed by atoms with van der Waals surface area (Å²) in [4.78, 5) is 3.18. The van der Waals surface area contributed by atoms with Crippen LogP contribution in [0.3, 0.4) is 0 Å². The number of halogens is 1. The molecule has 1 saturated heterocycles. The average Bonchev–Trinajstić information content (AvgIpc) is 2.87. The maximum absolute atomic E-state index is 9.50. The molecule has 0 saturated carbocycles. The fraction of sp³-hybridized carbons (Fsp3) is 0.385. The van der Waals surface area contributed by atoms with Gasteiger partial charge in [-0.1, -0.05) is 11.6 Å². The van der Waals surface area contributed by atoms with Crippen LogP contribution in [-0.4, -0.2) is 34.5 Å². The number of aliphatic hydroxyl groups excluding tert-OH is 1. The third kappa shape index (κ3) is 2.88. The van der Waals surface area contributed by atoms with Crippen molar-refractivity contribution in [1.29, 1.82) is 0 Å². The Kier molecular flexibility index (Phi) is 3.68.